The SMILES string of the molecule is Cl.O=C(Cn1cc(Br)ccc1=O)NCCNC1CCCCCC1. The standard InChI is InChI=1S/C16H24BrN3O2.ClH/c17-13-7-8-16(22)20(11-13)12-15(21)19-10-9-18-14-5-3-1-2-4-6-14;/h7-8,11,14,18H,1-6,9-10,12H2,(H,19,21);1H. The maximum atomic E-state index is 11.9. The van der Waals surface area contributed by atoms with Gasteiger partial charge in [0.05, 0.1) is 0 Å². The zero-order valence-electron chi connectivity index (χ0n) is 13.2. The van der Waals surface area contributed by atoms with Gasteiger partial charge in [0.25, 0.3) is 5.56 Å². The molecule has 0 saturated heterocycles. The summed E-state index contributed by atoms with van der Waals surface area (Å²) in [6.45, 7) is 1.43. The van der Waals surface area contributed by atoms with Gasteiger partial charge in [-0.15, -0.1) is 12.4 Å². The van der Waals surface area contributed by atoms with E-state index in [-0.39, 0.29) is 30.4 Å². The van der Waals surface area contributed by atoms with E-state index in [0.717, 1.165) is 11.0 Å². The first-order chi connectivity index (χ1) is 10.6. The number of amides is 1. The number of carbonyl (C=O) groups is 1. The van der Waals surface area contributed by atoms with Crippen LogP contribution in [0.25, 0.3) is 0 Å². The number of hydrogen-bond donors (Lipinski definition) is 2. The molecule has 2 rings (SSSR count). The number of carbonyl (C=O) groups excluding carboxylic acids is 1. The quantitative estimate of drug-likeness (QED) is 0.563. The summed E-state index contributed by atoms with van der Waals surface area (Å²) in [6.07, 6.45) is 9.40. The van der Waals surface area contributed by atoms with Gasteiger partial charge in [0.1, 0.15) is 6.54 Å². The first-order valence-electron chi connectivity index (χ1n) is 8.01. The molecule has 0 aliphatic heterocycles. The fraction of sp³-hybridized carbons (Fsp3) is 0.625. The molecule has 23 heavy (non-hydrogen) atoms. The molecule has 0 aromatic carbocycles. The maximum Gasteiger partial charge on any atom is 0.251 e. The summed E-state index contributed by atoms with van der Waals surface area (Å²) in [5, 5.41) is 6.37. The van der Waals surface area contributed by atoms with Gasteiger partial charge < -0.3 is 15.2 Å². The average molecular weight is 407 g/mol. The smallest absolute Gasteiger partial charge is 0.251 e. The topological polar surface area (TPSA) is 63.1 Å². The van der Waals surface area contributed by atoms with Gasteiger partial charge in [-0.2, -0.15) is 0 Å². The fourth-order valence-corrected chi connectivity index (χ4v) is 3.18. The Morgan fingerprint density at radius 3 is 2.57 bits per heavy atom. The van der Waals surface area contributed by atoms with E-state index in [2.05, 4.69) is 26.6 Å². The zero-order chi connectivity index (χ0) is 15.8. The van der Waals surface area contributed by atoms with Crippen molar-refractivity contribution >= 4 is 34.2 Å². The van der Waals surface area contributed by atoms with E-state index in [1.165, 1.54) is 49.2 Å². The lowest BCUT2D eigenvalue weighted by Gasteiger charge is -2.16. The van der Waals surface area contributed by atoms with Gasteiger partial charge in [-0.3, -0.25) is 9.59 Å². The molecule has 1 aliphatic carbocycles. The van der Waals surface area contributed by atoms with Crippen LogP contribution in [0, 0.1) is 0 Å². The van der Waals surface area contributed by atoms with Crippen molar-refractivity contribution < 1.29 is 4.79 Å². The lowest BCUT2D eigenvalue weighted by molar-refractivity contribution is -0.121. The third-order valence-electron chi connectivity index (χ3n) is 4.00. The molecule has 1 heterocycles. The van der Waals surface area contributed by atoms with Crippen molar-refractivity contribution in [1.29, 1.82) is 0 Å². The van der Waals surface area contributed by atoms with Gasteiger partial charge >= 0.3 is 0 Å². The molecule has 0 spiro atoms. The largest absolute Gasteiger partial charge is 0.353 e. The van der Waals surface area contributed by atoms with Crippen molar-refractivity contribution in [3.8, 4) is 0 Å². The minimum atomic E-state index is -0.171. The summed E-state index contributed by atoms with van der Waals surface area (Å²) >= 11 is 3.30. The number of rotatable bonds is 6. The molecule has 130 valence electrons. The molecular weight excluding hydrogens is 382 g/mol. The van der Waals surface area contributed by atoms with Gasteiger partial charge in [-0.25, -0.2) is 0 Å². The Balaban J connectivity index is 0.00000264. The van der Waals surface area contributed by atoms with Crippen molar-refractivity contribution in [1.82, 2.24) is 15.2 Å². The van der Waals surface area contributed by atoms with Gasteiger partial charge in [0.2, 0.25) is 5.91 Å². The number of hydrogen-bond acceptors (Lipinski definition) is 3. The van der Waals surface area contributed by atoms with Crippen molar-refractivity contribution in [2.75, 3.05) is 13.1 Å². The minimum absolute atomic E-state index is 0. The summed E-state index contributed by atoms with van der Waals surface area (Å²) in [7, 11) is 0. The number of nitrogens with zero attached hydrogens (tertiary/aromatic N) is 1. The third-order valence-corrected chi connectivity index (χ3v) is 4.47. The van der Waals surface area contributed by atoms with E-state index in [0.29, 0.717) is 12.6 Å². The predicted molar refractivity (Wildman–Crippen MR) is 98.2 cm³/mol. The second kappa shape index (κ2) is 10.8. The molecule has 1 amide bonds. The highest BCUT2D eigenvalue weighted by molar-refractivity contribution is 9.10. The van der Waals surface area contributed by atoms with E-state index in [1.807, 2.05) is 0 Å². The number of aromatic nitrogens is 1. The Morgan fingerprint density at radius 1 is 1.17 bits per heavy atom. The maximum absolute atomic E-state index is 11.9. The molecule has 1 saturated carbocycles. The monoisotopic (exact) mass is 405 g/mol. The molecule has 0 atom stereocenters. The van der Waals surface area contributed by atoms with E-state index >= 15 is 0 Å². The Kier molecular flexibility index (Phi) is 9.52. The molecular formula is C16H25BrClN3O2. The molecule has 0 bridgehead atoms. The first kappa shape index (κ1) is 20.2. The van der Waals surface area contributed by atoms with E-state index in [1.54, 1.807) is 12.3 Å². The number of halogens is 2. The van der Waals surface area contributed by atoms with Crippen LogP contribution in [0.4, 0.5) is 0 Å². The molecule has 0 radical (unpaired) electrons. The van der Waals surface area contributed by atoms with Crippen LogP contribution in [0.5, 0.6) is 0 Å². The average Bonchev–Trinajstić information content (AvgIpc) is 2.76. The molecule has 1 aromatic rings. The van der Waals surface area contributed by atoms with Gasteiger partial charge in [0.15, 0.2) is 0 Å². The van der Waals surface area contributed by atoms with E-state index in [4.69, 9.17) is 0 Å². The van der Waals surface area contributed by atoms with Crippen molar-refractivity contribution in [2.45, 2.75) is 51.1 Å². The first-order valence-corrected chi connectivity index (χ1v) is 8.80. The normalized spacial score (nSPS) is 15.5. The van der Waals surface area contributed by atoms with Crippen LogP contribution in [0.15, 0.2) is 27.6 Å². The lowest BCUT2D eigenvalue weighted by Crippen LogP contribution is -2.38. The second-order valence-electron chi connectivity index (χ2n) is 5.81. The lowest BCUT2D eigenvalue weighted by atomic mass is 10.1. The van der Waals surface area contributed by atoms with Gasteiger partial charge in [-0.1, -0.05) is 25.7 Å². The highest BCUT2D eigenvalue weighted by Crippen LogP contribution is 2.16. The summed E-state index contributed by atoms with van der Waals surface area (Å²) in [5.74, 6) is -0.136. The molecule has 0 unspecified atom stereocenters. The van der Waals surface area contributed by atoms with Crippen LogP contribution in [0.3, 0.4) is 0 Å². The van der Waals surface area contributed by atoms with Crippen LogP contribution < -0.4 is 16.2 Å². The summed E-state index contributed by atoms with van der Waals surface area (Å²) in [6, 6.07) is 3.71. The molecule has 7 heteroatoms. The molecule has 1 aromatic heterocycles. The Bertz CT molecular complexity index is 542. The van der Waals surface area contributed by atoms with Crippen LogP contribution in [-0.4, -0.2) is 29.6 Å². The number of nitrogens with one attached hydrogen (secondary N) is 2. The molecule has 1 aliphatic rings. The van der Waals surface area contributed by atoms with Gasteiger partial charge in [0, 0.05) is 35.9 Å². The summed E-state index contributed by atoms with van der Waals surface area (Å²) in [4.78, 5) is 23.5. The Morgan fingerprint density at radius 2 is 1.87 bits per heavy atom. The molecule has 1 fully saturated rings. The highest BCUT2D eigenvalue weighted by Gasteiger charge is 2.11. The summed E-state index contributed by atoms with van der Waals surface area (Å²) < 4.78 is 2.19. The van der Waals surface area contributed by atoms with Crippen LogP contribution >= 0.6 is 28.3 Å². The fourth-order valence-electron chi connectivity index (χ4n) is 2.80. The third kappa shape index (κ3) is 7.50. The van der Waals surface area contributed by atoms with Gasteiger partial charge in [-0.05, 0) is 34.8 Å². The van der Waals surface area contributed by atoms with Crippen molar-refractivity contribution in [2.24, 2.45) is 0 Å². The predicted octanol–water partition coefficient (Wildman–Crippen LogP) is 2.46. The van der Waals surface area contributed by atoms with E-state index in [9.17, 15) is 9.59 Å². The Labute approximate surface area is 151 Å². The van der Waals surface area contributed by atoms with Crippen molar-refractivity contribution in [3.63, 3.8) is 0 Å². The zero-order valence-corrected chi connectivity index (χ0v) is 15.6. The molecule has 2 N–H and O–H groups in total. The number of pyridine rings is 1. The van der Waals surface area contributed by atoms with Crippen LogP contribution in [-0.2, 0) is 11.3 Å². The minimum Gasteiger partial charge on any atom is -0.353 e. The summed E-state index contributed by atoms with van der Waals surface area (Å²) in [5.41, 5.74) is -0.171. The Hall–Kier alpha value is -0.850. The van der Waals surface area contributed by atoms with Crippen molar-refractivity contribution in [3.05, 3.63) is 33.2 Å². The second-order valence-corrected chi connectivity index (χ2v) is 6.72. The van der Waals surface area contributed by atoms with E-state index < -0.39 is 0 Å². The van der Waals surface area contributed by atoms with Crippen LogP contribution in [0.1, 0.15) is 38.5 Å². The highest BCUT2D eigenvalue weighted by atomic mass is 79.9. The molecule has 5 nitrogen and oxygen atoms in total. The van der Waals surface area contributed by atoms with Crippen LogP contribution in [0.2, 0.25) is 0 Å².